The van der Waals surface area contributed by atoms with Crippen LogP contribution in [-0.2, 0) is 27.3 Å². The normalized spacial score (nSPS) is 19.3. The molecule has 5 heteroatoms. The van der Waals surface area contributed by atoms with Gasteiger partial charge in [0.1, 0.15) is 12.1 Å². The van der Waals surface area contributed by atoms with E-state index in [0.29, 0.717) is 19.6 Å². The number of carboxylic acid groups (broad SMARTS) is 1. The number of aliphatic carboxylic acids is 1. The molecule has 1 amide bonds. The molecule has 1 aliphatic heterocycles. The van der Waals surface area contributed by atoms with E-state index >= 15 is 0 Å². The molecule has 0 saturated heterocycles. The molecule has 2 atom stereocenters. The Morgan fingerprint density at radius 2 is 2.05 bits per heavy atom. The molecule has 1 N–H and O–H groups in total. The molecule has 108 valence electrons. The third kappa shape index (κ3) is 2.82. The van der Waals surface area contributed by atoms with Crippen LogP contribution in [0.25, 0.3) is 0 Å². The quantitative estimate of drug-likeness (QED) is 0.904. The molecule has 0 spiro atoms. The first-order valence-corrected chi connectivity index (χ1v) is 6.76. The minimum absolute atomic E-state index is 0.270. The lowest BCUT2D eigenvalue weighted by Crippen LogP contribution is -2.51. The van der Waals surface area contributed by atoms with Crippen LogP contribution < -0.4 is 0 Å². The van der Waals surface area contributed by atoms with E-state index < -0.39 is 18.1 Å². The van der Waals surface area contributed by atoms with Gasteiger partial charge in [0, 0.05) is 19.6 Å². The zero-order valence-corrected chi connectivity index (χ0v) is 11.7. The van der Waals surface area contributed by atoms with Gasteiger partial charge >= 0.3 is 5.97 Å². The highest BCUT2D eigenvalue weighted by molar-refractivity contribution is 5.87. The summed E-state index contributed by atoms with van der Waals surface area (Å²) in [5.41, 5.74) is 2.00. The van der Waals surface area contributed by atoms with Crippen LogP contribution in [0.3, 0.4) is 0 Å². The van der Waals surface area contributed by atoms with E-state index in [1.165, 1.54) is 4.90 Å². The van der Waals surface area contributed by atoms with Gasteiger partial charge in [0.2, 0.25) is 0 Å². The number of carboxylic acids is 1. The molecular formula is C15H19NO4. The molecule has 5 nitrogen and oxygen atoms in total. The number of carbonyl (C=O) groups is 2. The zero-order valence-electron chi connectivity index (χ0n) is 11.7. The van der Waals surface area contributed by atoms with Crippen molar-refractivity contribution in [2.45, 2.75) is 39.0 Å². The van der Waals surface area contributed by atoms with E-state index in [0.717, 1.165) is 11.1 Å². The van der Waals surface area contributed by atoms with Crippen molar-refractivity contribution in [2.24, 2.45) is 0 Å². The van der Waals surface area contributed by atoms with Gasteiger partial charge in [-0.2, -0.15) is 0 Å². The number of fused-ring (bicyclic) bond motifs is 1. The van der Waals surface area contributed by atoms with Gasteiger partial charge in [-0.3, -0.25) is 4.79 Å². The standard InChI is InChI=1S/C15H19NO4/c1-3-20-10(2)14(17)16-9-12-7-5-4-6-11(12)8-13(16)15(18)19/h4-7,10,13H,3,8-9H2,1-2H3,(H,18,19). The van der Waals surface area contributed by atoms with Gasteiger partial charge in [-0.1, -0.05) is 24.3 Å². The first-order chi connectivity index (χ1) is 9.54. The van der Waals surface area contributed by atoms with Crippen LogP contribution in [0.5, 0.6) is 0 Å². The molecule has 2 rings (SSSR count). The number of hydrogen-bond donors (Lipinski definition) is 1. The highest BCUT2D eigenvalue weighted by atomic mass is 16.5. The largest absolute Gasteiger partial charge is 0.480 e. The lowest BCUT2D eigenvalue weighted by molar-refractivity contribution is -0.156. The number of nitrogens with zero attached hydrogens (tertiary/aromatic N) is 1. The summed E-state index contributed by atoms with van der Waals surface area (Å²) < 4.78 is 5.29. The maximum absolute atomic E-state index is 12.4. The number of amides is 1. The maximum atomic E-state index is 12.4. The summed E-state index contributed by atoms with van der Waals surface area (Å²) >= 11 is 0. The second-order valence-electron chi connectivity index (χ2n) is 4.89. The van der Waals surface area contributed by atoms with Crippen LogP contribution in [0.1, 0.15) is 25.0 Å². The number of carbonyl (C=O) groups excluding carboxylic acids is 1. The first kappa shape index (κ1) is 14.5. The van der Waals surface area contributed by atoms with Gasteiger partial charge in [0.05, 0.1) is 0 Å². The van der Waals surface area contributed by atoms with Crippen LogP contribution in [0.15, 0.2) is 24.3 Å². The Labute approximate surface area is 118 Å². The van der Waals surface area contributed by atoms with Crippen molar-refractivity contribution in [2.75, 3.05) is 6.61 Å². The van der Waals surface area contributed by atoms with Crippen LogP contribution >= 0.6 is 0 Å². The molecule has 20 heavy (non-hydrogen) atoms. The Hall–Kier alpha value is -1.88. The number of rotatable bonds is 4. The molecule has 0 bridgehead atoms. The molecule has 1 aromatic rings. The molecule has 0 radical (unpaired) electrons. The summed E-state index contributed by atoms with van der Waals surface area (Å²) in [5, 5.41) is 9.36. The minimum atomic E-state index is -0.975. The van der Waals surface area contributed by atoms with Crippen molar-refractivity contribution < 1.29 is 19.4 Å². The van der Waals surface area contributed by atoms with Crippen molar-refractivity contribution in [1.82, 2.24) is 4.90 Å². The van der Waals surface area contributed by atoms with Crippen molar-refractivity contribution >= 4 is 11.9 Å². The van der Waals surface area contributed by atoms with Crippen LogP contribution in [0.4, 0.5) is 0 Å². The Morgan fingerprint density at radius 3 is 2.65 bits per heavy atom. The monoisotopic (exact) mass is 277 g/mol. The highest BCUT2D eigenvalue weighted by Gasteiger charge is 2.36. The van der Waals surface area contributed by atoms with Gasteiger partial charge in [-0.15, -0.1) is 0 Å². The Morgan fingerprint density at radius 1 is 1.40 bits per heavy atom. The number of hydrogen-bond acceptors (Lipinski definition) is 3. The van der Waals surface area contributed by atoms with E-state index in [9.17, 15) is 14.7 Å². The summed E-state index contributed by atoms with van der Waals surface area (Å²) in [6.45, 7) is 4.22. The van der Waals surface area contributed by atoms with Gasteiger partial charge in [0.25, 0.3) is 5.91 Å². The van der Waals surface area contributed by atoms with Gasteiger partial charge in [0.15, 0.2) is 0 Å². The van der Waals surface area contributed by atoms with Crippen molar-refractivity contribution in [3.8, 4) is 0 Å². The summed E-state index contributed by atoms with van der Waals surface area (Å²) in [6.07, 6.45) is -0.275. The Bertz CT molecular complexity index is 514. The van der Waals surface area contributed by atoms with E-state index in [2.05, 4.69) is 0 Å². The molecule has 0 aliphatic carbocycles. The molecule has 1 aromatic carbocycles. The zero-order chi connectivity index (χ0) is 14.7. The summed E-state index contributed by atoms with van der Waals surface area (Å²) in [6, 6.07) is 6.81. The topological polar surface area (TPSA) is 66.8 Å². The van der Waals surface area contributed by atoms with E-state index in [4.69, 9.17) is 4.74 Å². The van der Waals surface area contributed by atoms with E-state index in [1.54, 1.807) is 6.92 Å². The van der Waals surface area contributed by atoms with Crippen LogP contribution in [-0.4, -0.2) is 40.6 Å². The molecule has 1 aliphatic rings. The first-order valence-electron chi connectivity index (χ1n) is 6.76. The number of benzene rings is 1. The fraction of sp³-hybridized carbons (Fsp3) is 0.467. The van der Waals surface area contributed by atoms with E-state index in [1.807, 2.05) is 31.2 Å². The Balaban J connectivity index is 2.26. The second-order valence-corrected chi connectivity index (χ2v) is 4.89. The fourth-order valence-electron chi connectivity index (χ4n) is 2.53. The molecule has 0 saturated carbocycles. The van der Waals surface area contributed by atoms with Gasteiger partial charge in [-0.05, 0) is 25.0 Å². The fourth-order valence-corrected chi connectivity index (χ4v) is 2.53. The predicted octanol–water partition coefficient (Wildman–Crippen LogP) is 1.45. The molecule has 0 fully saturated rings. The lowest BCUT2D eigenvalue weighted by atomic mass is 9.93. The van der Waals surface area contributed by atoms with E-state index in [-0.39, 0.29) is 5.91 Å². The van der Waals surface area contributed by atoms with Gasteiger partial charge < -0.3 is 14.7 Å². The SMILES string of the molecule is CCOC(C)C(=O)N1Cc2ccccc2CC1C(=O)O. The molecule has 2 unspecified atom stereocenters. The van der Waals surface area contributed by atoms with Crippen LogP contribution in [0, 0.1) is 0 Å². The van der Waals surface area contributed by atoms with Crippen molar-refractivity contribution in [1.29, 1.82) is 0 Å². The smallest absolute Gasteiger partial charge is 0.326 e. The Kier molecular flexibility index (Phi) is 4.39. The lowest BCUT2D eigenvalue weighted by Gasteiger charge is -2.35. The maximum Gasteiger partial charge on any atom is 0.326 e. The third-order valence-electron chi connectivity index (χ3n) is 3.58. The summed E-state index contributed by atoms with van der Waals surface area (Å²) in [4.78, 5) is 25.2. The average molecular weight is 277 g/mol. The summed E-state index contributed by atoms with van der Waals surface area (Å²) in [7, 11) is 0. The molecule has 0 aromatic heterocycles. The third-order valence-corrected chi connectivity index (χ3v) is 3.58. The van der Waals surface area contributed by atoms with Crippen molar-refractivity contribution in [3.05, 3.63) is 35.4 Å². The molecular weight excluding hydrogens is 258 g/mol. The predicted molar refractivity (Wildman–Crippen MR) is 73.2 cm³/mol. The van der Waals surface area contributed by atoms with Gasteiger partial charge in [-0.25, -0.2) is 4.79 Å². The minimum Gasteiger partial charge on any atom is -0.480 e. The van der Waals surface area contributed by atoms with Crippen LogP contribution in [0.2, 0.25) is 0 Å². The molecule has 1 heterocycles. The van der Waals surface area contributed by atoms with Crippen molar-refractivity contribution in [3.63, 3.8) is 0 Å². The average Bonchev–Trinajstić information content (AvgIpc) is 2.45. The highest BCUT2D eigenvalue weighted by Crippen LogP contribution is 2.24. The number of ether oxygens (including phenoxy) is 1. The second kappa shape index (κ2) is 6.05. The summed E-state index contributed by atoms with van der Waals surface area (Å²) in [5.74, 6) is -1.25.